The van der Waals surface area contributed by atoms with Gasteiger partial charge in [0.1, 0.15) is 4.49 Å². The van der Waals surface area contributed by atoms with Crippen molar-refractivity contribution in [2.45, 2.75) is 20.3 Å². The van der Waals surface area contributed by atoms with Crippen molar-refractivity contribution in [3.8, 4) is 11.3 Å². The van der Waals surface area contributed by atoms with E-state index in [0.29, 0.717) is 5.76 Å². The smallest absolute Gasteiger partial charge is 0.340 e. The number of carbonyl (C=O) groups excluding carboxylic acids is 1. The highest BCUT2D eigenvalue weighted by atomic mass is 35.5. The monoisotopic (exact) mass is 401 g/mol. The molecule has 1 heterocycles. The summed E-state index contributed by atoms with van der Waals surface area (Å²) in [6, 6.07) is 7.55. The van der Waals surface area contributed by atoms with Gasteiger partial charge in [-0.05, 0) is 25.5 Å². The van der Waals surface area contributed by atoms with E-state index in [4.69, 9.17) is 45.1 Å². The zero-order chi connectivity index (χ0) is 18.6. The zero-order valence-corrected chi connectivity index (χ0v) is 15.6. The van der Waals surface area contributed by atoms with Gasteiger partial charge in [-0.3, -0.25) is 0 Å². The number of aryl methyl sites for hydroxylation is 2. The molecular weight excluding hydrogens is 389 g/mol. The SMILES string of the molecule is Cc1ccc(C)c(-c2cc(C(N)=NOC(=O)CC(Cl)=C(Cl)Cl)no2)c1. The lowest BCUT2D eigenvalue weighted by Gasteiger charge is -2.02. The minimum Gasteiger partial charge on any atom is -0.379 e. The summed E-state index contributed by atoms with van der Waals surface area (Å²) in [5, 5.41) is 7.28. The number of amidine groups is 1. The standard InChI is InChI=1S/C16H14Cl3N3O3/c1-8-3-4-9(2)10(5-8)13-7-12(21-24-13)16(20)22-25-14(23)6-11(17)15(18)19/h3-5,7H,6H2,1-2H3,(H2,20,22). The Hall–Kier alpha value is -2.02. The third kappa shape index (κ3) is 5.22. The van der Waals surface area contributed by atoms with Crippen LogP contribution in [0, 0.1) is 13.8 Å². The molecule has 2 aromatic rings. The molecule has 2 N–H and O–H groups in total. The quantitative estimate of drug-likeness (QED) is 0.346. The molecule has 0 unspecified atom stereocenters. The Bertz CT molecular complexity index is 855. The van der Waals surface area contributed by atoms with Crippen molar-refractivity contribution in [2.24, 2.45) is 10.9 Å². The molecule has 6 nitrogen and oxygen atoms in total. The van der Waals surface area contributed by atoms with E-state index in [2.05, 4.69) is 15.1 Å². The van der Waals surface area contributed by atoms with Gasteiger partial charge >= 0.3 is 5.97 Å². The summed E-state index contributed by atoms with van der Waals surface area (Å²) >= 11 is 16.5. The van der Waals surface area contributed by atoms with Crippen LogP contribution in [0.5, 0.6) is 0 Å². The van der Waals surface area contributed by atoms with Crippen molar-refractivity contribution in [1.29, 1.82) is 0 Å². The van der Waals surface area contributed by atoms with Gasteiger partial charge in [-0.25, -0.2) is 4.79 Å². The Balaban J connectivity index is 2.12. The Kier molecular flexibility index (Phi) is 6.47. The molecule has 0 saturated carbocycles. The number of rotatable bonds is 5. The van der Waals surface area contributed by atoms with E-state index in [-0.39, 0.29) is 27.5 Å². The lowest BCUT2D eigenvalue weighted by atomic mass is 10.0. The highest BCUT2D eigenvalue weighted by Crippen LogP contribution is 2.25. The van der Waals surface area contributed by atoms with Crippen molar-refractivity contribution >= 4 is 46.6 Å². The molecule has 1 aromatic heterocycles. The summed E-state index contributed by atoms with van der Waals surface area (Å²) in [7, 11) is 0. The van der Waals surface area contributed by atoms with Crippen LogP contribution in [0.2, 0.25) is 0 Å². The van der Waals surface area contributed by atoms with Gasteiger partial charge in [-0.2, -0.15) is 0 Å². The molecular formula is C16H14Cl3N3O3. The molecule has 0 radical (unpaired) electrons. The number of carbonyl (C=O) groups is 1. The molecule has 0 bridgehead atoms. The van der Waals surface area contributed by atoms with E-state index in [9.17, 15) is 4.79 Å². The zero-order valence-electron chi connectivity index (χ0n) is 13.3. The molecule has 2 rings (SSSR count). The first-order valence-corrected chi connectivity index (χ1v) is 8.19. The number of aromatic nitrogens is 1. The minimum atomic E-state index is -0.773. The van der Waals surface area contributed by atoms with Gasteiger partial charge in [0.25, 0.3) is 0 Å². The molecule has 0 aliphatic carbocycles. The topological polar surface area (TPSA) is 90.7 Å². The van der Waals surface area contributed by atoms with Crippen molar-refractivity contribution in [3.05, 3.63) is 50.6 Å². The van der Waals surface area contributed by atoms with Crippen molar-refractivity contribution < 1.29 is 14.2 Å². The van der Waals surface area contributed by atoms with Crippen LogP contribution in [0.1, 0.15) is 23.2 Å². The normalized spacial score (nSPS) is 11.3. The van der Waals surface area contributed by atoms with Crippen LogP contribution in [0.15, 0.2) is 43.5 Å². The summed E-state index contributed by atoms with van der Waals surface area (Å²) in [5.41, 5.74) is 8.97. The fourth-order valence-corrected chi connectivity index (χ4v) is 2.14. The third-order valence-electron chi connectivity index (χ3n) is 3.18. The number of oxime groups is 1. The molecule has 0 aliphatic rings. The number of hydrogen-bond donors (Lipinski definition) is 1. The maximum Gasteiger partial charge on any atom is 0.340 e. The first-order valence-electron chi connectivity index (χ1n) is 7.05. The Morgan fingerprint density at radius 1 is 1.28 bits per heavy atom. The number of benzene rings is 1. The van der Waals surface area contributed by atoms with E-state index in [0.717, 1.165) is 16.7 Å². The van der Waals surface area contributed by atoms with Gasteiger partial charge in [-0.1, -0.05) is 62.8 Å². The Morgan fingerprint density at radius 2 is 2.00 bits per heavy atom. The van der Waals surface area contributed by atoms with Crippen LogP contribution in [-0.4, -0.2) is 17.0 Å². The number of nitrogens with two attached hydrogens (primary N) is 1. The molecule has 0 spiro atoms. The predicted octanol–water partition coefficient (Wildman–Crippen LogP) is 4.40. The van der Waals surface area contributed by atoms with Crippen molar-refractivity contribution in [1.82, 2.24) is 5.16 Å². The molecule has 132 valence electrons. The summed E-state index contributed by atoms with van der Waals surface area (Å²) < 4.78 is 5.08. The first-order chi connectivity index (χ1) is 11.8. The van der Waals surface area contributed by atoms with E-state index >= 15 is 0 Å². The van der Waals surface area contributed by atoms with Crippen LogP contribution in [0.4, 0.5) is 0 Å². The Morgan fingerprint density at radius 3 is 2.68 bits per heavy atom. The predicted molar refractivity (Wildman–Crippen MR) is 97.4 cm³/mol. The highest BCUT2D eigenvalue weighted by Gasteiger charge is 2.14. The summed E-state index contributed by atoms with van der Waals surface area (Å²) in [6.45, 7) is 3.93. The van der Waals surface area contributed by atoms with Gasteiger partial charge in [-0.15, -0.1) is 0 Å². The van der Waals surface area contributed by atoms with Gasteiger partial charge in [0, 0.05) is 11.6 Å². The number of nitrogens with zero attached hydrogens (tertiary/aromatic N) is 2. The van der Waals surface area contributed by atoms with E-state index in [1.807, 2.05) is 32.0 Å². The molecule has 1 aromatic carbocycles. The average Bonchev–Trinajstić information content (AvgIpc) is 3.04. The van der Waals surface area contributed by atoms with Gasteiger partial charge in [0.2, 0.25) is 0 Å². The van der Waals surface area contributed by atoms with E-state index in [1.165, 1.54) is 0 Å². The molecule has 0 fully saturated rings. The summed E-state index contributed by atoms with van der Waals surface area (Å²) in [6.07, 6.45) is -0.326. The second-order valence-electron chi connectivity index (χ2n) is 5.18. The second-order valence-corrected chi connectivity index (χ2v) is 6.58. The average molecular weight is 403 g/mol. The fraction of sp³-hybridized carbons (Fsp3) is 0.188. The largest absolute Gasteiger partial charge is 0.379 e. The van der Waals surface area contributed by atoms with Crippen LogP contribution in [-0.2, 0) is 9.63 Å². The lowest BCUT2D eigenvalue weighted by Crippen LogP contribution is -2.15. The maximum atomic E-state index is 11.5. The van der Waals surface area contributed by atoms with Crippen LogP contribution >= 0.6 is 34.8 Å². The molecule has 0 saturated heterocycles. The second kappa shape index (κ2) is 8.38. The molecule has 0 amide bonds. The van der Waals surface area contributed by atoms with Crippen LogP contribution < -0.4 is 5.73 Å². The van der Waals surface area contributed by atoms with Gasteiger partial charge in [0.15, 0.2) is 17.3 Å². The first kappa shape index (κ1) is 19.3. The minimum absolute atomic E-state index is 0.0549. The molecule has 25 heavy (non-hydrogen) atoms. The van der Waals surface area contributed by atoms with Crippen molar-refractivity contribution in [3.63, 3.8) is 0 Å². The highest BCUT2D eigenvalue weighted by molar-refractivity contribution is 6.59. The fourth-order valence-electron chi connectivity index (χ4n) is 1.90. The van der Waals surface area contributed by atoms with E-state index in [1.54, 1.807) is 6.07 Å². The van der Waals surface area contributed by atoms with Crippen LogP contribution in [0.25, 0.3) is 11.3 Å². The molecule has 0 atom stereocenters. The summed E-state index contributed by atoms with van der Waals surface area (Å²) in [5.74, 6) is -0.365. The third-order valence-corrected chi connectivity index (χ3v) is 4.15. The van der Waals surface area contributed by atoms with E-state index < -0.39 is 5.97 Å². The summed E-state index contributed by atoms with van der Waals surface area (Å²) in [4.78, 5) is 16.2. The molecule has 9 heteroatoms. The number of halogens is 3. The number of hydrogen-bond acceptors (Lipinski definition) is 5. The van der Waals surface area contributed by atoms with Gasteiger partial charge < -0.3 is 15.1 Å². The lowest BCUT2D eigenvalue weighted by molar-refractivity contribution is -0.142. The molecule has 0 aliphatic heterocycles. The van der Waals surface area contributed by atoms with Crippen molar-refractivity contribution in [2.75, 3.05) is 0 Å². The van der Waals surface area contributed by atoms with Crippen LogP contribution in [0.3, 0.4) is 0 Å². The van der Waals surface area contributed by atoms with Gasteiger partial charge in [0.05, 0.1) is 11.5 Å². The maximum absolute atomic E-state index is 11.5. The Labute approximate surface area is 159 Å².